The van der Waals surface area contributed by atoms with E-state index in [9.17, 15) is 4.79 Å². The van der Waals surface area contributed by atoms with Crippen LogP contribution in [0.1, 0.15) is 27.7 Å². The van der Waals surface area contributed by atoms with Crippen molar-refractivity contribution in [3.63, 3.8) is 0 Å². The molecule has 1 rings (SSSR count). The number of Topliss-reactive ketones (excluding diaryl/α,β-unsaturated/α-hetero) is 1. The molecule has 0 bridgehead atoms. The van der Waals surface area contributed by atoms with Crippen LogP contribution in [0.3, 0.4) is 0 Å². The van der Waals surface area contributed by atoms with Gasteiger partial charge in [-0.25, -0.2) is 0 Å². The fourth-order valence-corrected chi connectivity index (χ4v) is 3.15. The molecule has 1 aliphatic heterocycles. The molecule has 0 aromatic heterocycles. The van der Waals surface area contributed by atoms with E-state index >= 15 is 0 Å². The van der Waals surface area contributed by atoms with E-state index in [0.717, 1.165) is 0 Å². The molecular weight excluding hydrogens is 172 g/mol. The number of hydrogen-bond acceptors (Lipinski definition) is 2. The zero-order valence-corrected chi connectivity index (χ0v) is 8.53. The molecule has 0 aromatic carbocycles. The largest absolute Gasteiger partial charge is 0.361 e. The fraction of sp³-hybridized carbons (Fsp3) is 0.750. The third kappa shape index (κ3) is 1.21. The zero-order chi connectivity index (χ0) is 9.57. The molecule has 0 aromatic rings. The Bertz CT molecular complexity index is 287. The Labute approximate surface area is 76.2 Å². The molecule has 4 heteroatoms. The maximum Gasteiger partial charge on any atom is 0.351 e. The first-order valence-corrected chi connectivity index (χ1v) is 4.60. The van der Waals surface area contributed by atoms with Gasteiger partial charge in [0.2, 0.25) is 0 Å². The third-order valence-corrected chi connectivity index (χ3v) is 3.34. The number of nitrogens with zero attached hydrogens (tertiary/aromatic N) is 2. The summed E-state index contributed by atoms with van der Waals surface area (Å²) in [7, 11) is 0. The number of carbonyl (C=O) groups is 1. The average molecular weight is 184 g/mol. The van der Waals surface area contributed by atoms with Crippen LogP contribution in [0.2, 0.25) is 0 Å². The van der Waals surface area contributed by atoms with Gasteiger partial charge >= 0.3 is 5.71 Å². The normalized spacial score (nSPS) is 25.7. The molecule has 1 heterocycles. The van der Waals surface area contributed by atoms with Crippen molar-refractivity contribution in [2.45, 2.75) is 37.2 Å². The van der Waals surface area contributed by atoms with Crippen molar-refractivity contribution in [3.8, 4) is 0 Å². The van der Waals surface area contributed by atoms with Gasteiger partial charge < -0.3 is 5.53 Å². The van der Waals surface area contributed by atoms with Crippen LogP contribution in [-0.2, 0) is 4.79 Å². The van der Waals surface area contributed by atoms with Gasteiger partial charge in [-0.05, 0) is 27.7 Å². The van der Waals surface area contributed by atoms with Gasteiger partial charge in [-0.2, -0.15) is 4.79 Å². The smallest absolute Gasteiger partial charge is 0.351 e. The van der Waals surface area contributed by atoms with Gasteiger partial charge in [0.15, 0.2) is 0 Å². The molecule has 0 atom stereocenters. The minimum absolute atomic E-state index is 0.0694. The molecule has 1 fully saturated rings. The van der Waals surface area contributed by atoms with Crippen LogP contribution in [0.4, 0.5) is 0 Å². The van der Waals surface area contributed by atoms with Crippen molar-refractivity contribution in [3.05, 3.63) is 5.53 Å². The molecule has 1 saturated heterocycles. The maximum absolute atomic E-state index is 11.6. The van der Waals surface area contributed by atoms with Crippen molar-refractivity contribution in [1.82, 2.24) is 0 Å². The number of hydrogen-bond donors (Lipinski definition) is 0. The monoisotopic (exact) mass is 184 g/mol. The SMILES string of the molecule is CC1(C)SC(C)(C)C(=[N+]=[N-])C1=O. The second-order valence-electron chi connectivity index (χ2n) is 3.90. The van der Waals surface area contributed by atoms with Crippen molar-refractivity contribution in [2.75, 3.05) is 0 Å². The first-order chi connectivity index (χ1) is 5.31. The lowest BCUT2D eigenvalue weighted by Crippen LogP contribution is -2.31. The van der Waals surface area contributed by atoms with Gasteiger partial charge in [0, 0.05) is 0 Å². The van der Waals surface area contributed by atoms with Crippen LogP contribution in [0, 0.1) is 0 Å². The van der Waals surface area contributed by atoms with Crippen LogP contribution in [0.25, 0.3) is 5.53 Å². The highest BCUT2D eigenvalue weighted by atomic mass is 32.2. The Morgan fingerprint density at radius 1 is 1.25 bits per heavy atom. The van der Waals surface area contributed by atoms with Crippen LogP contribution in [-0.4, -0.2) is 25.8 Å². The third-order valence-electron chi connectivity index (χ3n) is 1.94. The summed E-state index contributed by atoms with van der Waals surface area (Å²) >= 11 is 1.53. The molecule has 0 aliphatic carbocycles. The highest BCUT2D eigenvalue weighted by molar-refractivity contribution is 8.04. The summed E-state index contributed by atoms with van der Waals surface area (Å²) in [5, 5.41) is 0. The summed E-state index contributed by atoms with van der Waals surface area (Å²) in [6.07, 6.45) is 0. The van der Waals surface area contributed by atoms with Gasteiger partial charge in [0.1, 0.15) is 4.75 Å². The Balaban J connectivity index is 3.23. The van der Waals surface area contributed by atoms with Crippen molar-refractivity contribution >= 4 is 23.3 Å². The van der Waals surface area contributed by atoms with E-state index in [-0.39, 0.29) is 16.2 Å². The first-order valence-electron chi connectivity index (χ1n) is 3.79. The Morgan fingerprint density at radius 2 is 1.75 bits per heavy atom. The van der Waals surface area contributed by atoms with Crippen molar-refractivity contribution < 1.29 is 9.58 Å². The predicted molar refractivity (Wildman–Crippen MR) is 49.4 cm³/mol. The standard InChI is InChI=1S/C8H12N2OS/c1-7(2)5(10-9)6(11)8(3,4)12-7/h1-4H3. The van der Waals surface area contributed by atoms with E-state index in [1.165, 1.54) is 11.8 Å². The van der Waals surface area contributed by atoms with Crippen molar-refractivity contribution in [1.29, 1.82) is 0 Å². The Morgan fingerprint density at radius 3 is 1.92 bits per heavy atom. The molecule has 0 amide bonds. The van der Waals surface area contributed by atoms with E-state index in [0.29, 0.717) is 0 Å². The summed E-state index contributed by atoms with van der Waals surface area (Å²) in [5.41, 5.74) is 8.93. The topological polar surface area (TPSA) is 53.5 Å². The number of thioether (sulfide) groups is 1. The lowest BCUT2D eigenvalue weighted by molar-refractivity contribution is -0.118. The van der Waals surface area contributed by atoms with E-state index in [1.807, 2.05) is 27.7 Å². The fourth-order valence-electron chi connectivity index (χ4n) is 1.46. The van der Waals surface area contributed by atoms with Gasteiger partial charge in [-0.1, -0.05) is 0 Å². The van der Waals surface area contributed by atoms with E-state index in [4.69, 9.17) is 5.53 Å². The second kappa shape index (κ2) is 2.44. The molecule has 1 aliphatic rings. The lowest BCUT2D eigenvalue weighted by atomic mass is 9.97. The van der Waals surface area contributed by atoms with E-state index in [1.54, 1.807) is 0 Å². The summed E-state index contributed by atoms with van der Waals surface area (Å²) in [4.78, 5) is 14.6. The van der Waals surface area contributed by atoms with E-state index < -0.39 is 4.75 Å². The molecule has 0 radical (unpaired) electrons. The zero-order valence-electron chi connectivity index (χ0n) is 7.71. The van der Waals surface area contributed by atoms with Gasteiger partial charge in [-0.15, -0.1) is 11.8 Å². The predicted octanol–water partition coefficient (Wildman–Crippen LogP) is 1.53. The lowest BCUT2D eigenvalue weighted by Gasteiger charge is -2.15. The first kappa shape index (κ1) is 9.49. The number of ketones is 1. The molecule has 0 N–H and O–H groups in total. The Hall–Kier alpha value is -0.600. The summed E-state index contributed by atoms with van der Waals surface area (Å²) in [6, 6.07) is 0. The summed E-state index contributed by atoms with van der Waals surface area (Å²) in [6.45, 7) is 7.47. The molecule has 12 heavy (non-hydrogen) atoms. The summed E-state index contributed by atoms with van der Waals surface area (Å²) in [5.74, 6) is -0.0694. The average Bonchev–Trinajstić information content (AvgIpc) is 1.98. The van der Waals surface area contributed by atoms with E-state index in [2.05, 4.69) is 4.79 Å². The van der Waals surface area contributed by atoms with Crippen LogP contribution in [0.5, 0.6) is 0 Å². The highest BCUT2D eigenvalue weighted by Crippen LogP contribution is 2.44. The molecule has 0 saturated carbocycles. The van der Waals surface area contributed by atoms with Crippen LogP contribution < -0.4 is 0 Å². The Kier molecular flexibility index (Phi) is 1.93. The highest BCUT2D eigenvalue weighted by Gasteiger charge is 2.56. The van der Waals surface area contributed by atoms with Crippen LogP contribution >= 0.6 is 11.8 Å². The molecular formula is C8H12N2OS. The summed E-state index contributed by atoms with van der Waals surface area (Å²) < 4.78 is -0.819. The number of carbonyl (C=O) groups excluding carboxylic acids is 1. The maximum atomic E-state index is 11.6. The van der Waals surface area contributed by atoms with Gasteiger partial charge in [0.25, 0.3) is 5.78 Å². The molecule has 66 valence electrons. The minimum Gasteiger partial charge on any atom is -0.361 e. The van der Waals surface area contributed by atoms with Crippen LogP contribution in [0.15, 0.2) is 0 Å². The minimum atomic E-state index is -0.453. The molecule has 0 spiro atoms. The van der Waals surface area contributed by atoms with Crippen molar-refractivity contribution in [2.24, 2.45) is 0 Å². The van der Waals surface area contributed by atoms with Gasteiger partial charge in [-0.3, -0.25) is 4.79 Å². The number of rotatable bonds is 0. The second-order valence-corrected chi connectivity index (χ2v) is 6.15. The molecule has 0 unspecified atom stereocenters. The van der Waals surface area contributed by atoms with Gasteiger partial charge in [0.05, 0.1) is 4.75 Å². The quantitative estimate of drug-likeness (QED) is 0.423. The molecule has 3 nitrogen and oxygen atoms in total.